The summed E-state index contributed by atoms with van der Waals surface area (Å²) in [6.45, 7) is 2.12. The second-order valence-corrected chi connectivity index (χ2v) is 9.18. The van der Waals surface area contributed by atoms with Gasteiger partial charge in [-0.25, -0.2) is 13.5 Å². The molecule has 4 aromatic carbocycles. The molecule has 0 aromatic heterocycles. The monoisotopic (exact) mass is 504 g/mol. The highest BCUT2D eigenvalue weighted by Crippen LogP contribution is 2.31. The number of benzene rings is 4. The van der Waals surface area contributed by atoms with E-state index in [4.69, 9.17) is 9.84 Å². The first-order valence-electron chi connectivity index (χ1n) is 11.1. The first-order chi connectivity index (χ1) is 17.3. The Morgan fingerprint density at radius 2 is 1.61 bits per heavy atom. The molecule has 0 radical (unpaired) electrons. The first kappa shape index (κ1) is 25.2. The van der Waals surface area contributed by atoms with Crippen LogP contribution in [0.15, 0.2) is 91.0 Å². The van der Waals surface area contributed by atoms with Gasteiger partial charge < -0.3 is 14.4 Å². The van der Waals surface area contributed by atoms with Crippen molar-refractivity contribution in [1.82, 2.24) is 4.31 Å². The van der Waals surface area contributed by atoms with Gasteiger partial charge in [-0.1, -0.05) is 54.6 Å². The summed E-state index contributed by atoms with van der Waals surface area (Å²) >= 11 is -2.49. The lowest BCUT2D eigenvalue weighted by Crippen LogP contribution is -2.25. The number of carbonyl (C=O) groups is 1. The zero-order chi connectivity index (χ0) is 25.7. The molecular weight excluding hydrogens is 481 g/mol. The Hall–Kier alpha value is -3.85. The Bertz CT molecular complexity index is 1390. The Labute approximate surface area is 211 Å². The largest absolute Gasteiger partial charge is 0.760 e. The Morgan fingerprint density at radius 3 is 2.22 bits per heavy atom. The highest BCUT2D eigenvalue weighted by molar-refractivity contribution is 7.76. The predicted octanol–water partition coefficient (Wildman–Crippen LogP) is 6.09. The number of aromatic carboxylic acids is 1. The quantitative estimate of drug-likeness (QED) is 0.279. The number of halogens is 1. The molecule has 184 valence electrons. The van der Waals surface area contributed by atoms with Crippen LogP contribution in [0.3, 0.4) is 0 Å². The summed E-state index contributed by atoms with van der Waals surface area (Å²) in [4.78, 5) is 11.0. The van der Waals surface area contributed by atoms with Crippen LogP contribution in [0.5, 0.6) is 11.5 Å². The number of carboxylic acid groups (broad SMARTS) is 1. The molecule has 0 fully saturated rings. The molecule has 0 aliphatic carbocycles. The fourth-order valence-electron chi connectivity index (χ4n) is 3.84. The lowest BCUT2D eigenvalue weighted by molar-refractivity contribution is 0.0697. The summed E-state index contributed by atoms with van der Waals surface area (Å²) in [5.41, 5.74) is 3.95. The maximum absolute atomic E-state index is 14.7. The fourth-order valence-corrected chi connectivity index (χ4v) is 4.34. The van der Waals surface area contributed by atoms with Gasteiger partial charge in [-0.3, -0.25) is 4.21 Å². The molecular formula is C28H23FNO5S-. The van der Waals surface area contributed by atoms with Gasteiger partial charge in [0.25, 0.3) is 0 Å². The maximum Gasteiger partial charge on any atom is 0.335 e. The molecule has 1 atom stereocenters. The van der Waals surface area contributed by atoms with Gasteiger partial charge in [0.2, 0.25) is 0 Å². The van der Waals surface area contributed by atoms with E-state index in [2.05, 4.69) is 0 Å². The second-order valence-electron chi connectivity index (χ2n) is 8.23. The summed E-state index contributed by atoms with van der Waals surface area (Å²) in [6.07, 6.45) is 0. The van der Waals surface area contributed by atoms with Gasteiger partial charge in [0, 0.05) is 24.4 Å². The molecule has 1 N–H and O–H groups in total. The number of carboxylic acids is 1. The molecule has 1 unspecified atom stereocenters. The molecule has 6 nitrogen and oxygen atoms in total. The van der Waals surface area contributed by atoms with E-state index < -0.39 is 23.1 Å². The molecule has 0 saturated carbocycles. The van der Waals surface area contributed by atoms with Gasteiger partial charge >= 0.3 is 5.97 Å². The summed E-state index contributed by atoms with van der Waals surface area (Å²) in [5, 5.41) is 9.02. The molecule has 0 bridgehead atoms. The van der Waals surface area contributed by atoms with E-state index in [-0.39, 0.29) is 24.4 Å². The van der Waals surface area contributed by atoms with E-state index in [1.807, 2.05) is 43.3 Å². The summed E-state index contributed by atoms with van der Waals surface area (Å²) in [6, 6.07) is 25.3. The number of hydrogen-bond acceptors (Lipinski definition) is 4. The van der Waals surface area contributed by atoms with Crippen molar-refractivity contribution >= 4 is 17.2 Å². The van der Waals surface area contributed by atoms with Gasteiger partial charge in [-0.2, -0.15) is 0 Å². The maximum atomic E-state index is 14.7. The smallest absolute Gasteiger partial charge is 0.335 e. The number of rotatable bonds is 9. The van der Waals surface area contributed by atoms with Gasteiger partial charge in [-0.05, 0) is 71.1 Å². The van der Waals surface area contributed by atoms with Crippen molar-refractivity contribution < 1.29 is 27.8 Å². The number of para-hydroxylation sites is 1. The van der Waals surface area contributed by atoms with Crippen LogP contribution in [0.2, 0.25) is 0 Å². The summed E-state index contributed by atoms with van der Waals surface area (Å²) in [5.74, 6) is -0.853. The number of aryl methyl sites for hydroxylation is 1. The fraction of sp³-hybridized carbons (Fsp3) is 0.107. The normalized spacial score (nSPS) is 11.9. The van der Waals surface area contributed by atoms with Gasteiger partial charge in [0.05, 0.1) is 5.56 Å². The van der Waals surface area contributed by atoms with Gasteiger partial charge in [0.15, 0.2) is 11.6 Å². The molecule has 4 rings (SSSR count). The molecule has 8 heteroatoms. The third kappa shape index (κ3) is 6.23. The van der Waals surface area contributed by atoms with E-state index in [1.165, 1.54) is 22.5 Å². The minimum Gasteiger partial charge on any atom is -0.760 e. The SMILES string of the molecule is Cc1cc(CN(Cc2ccc(C(=O)O)cc2)S(=O)[O-])ccc1-c1ccc(Oc2ccccc2)c(F)c1. The van der Waals surface area contributed by atoms with Gasteiger partial charge in [-0.15, -0.1) is 0 Å². The minimum absolute atomic E-state index is 0.102. The molecule has 0 saturated heterocycles. The first-order valence-corrected chi connectivity index (χ1v) is 12.1. The average molecular weight is 505 g/mol. The van der Waals surface area contributed by atoms with Crippen molar-refractivity contribution in [2.75, 3.05) is 0 Å². The molecule has 0 heterocycles. The summed E-state index contributed by atoms with van der Waals surface area (Å²) in [7, 11) is 0. The predicted molar refractivity (Wildman–Crippen MR) is 135 cm³/mol. The van der Waals surface area contributed by atoms with Crippen LogP contribution < -0.4 is 4.74 Å². The third-order valence-corrected chi connectivity index (χ3v) is 6.31. The molecule has 0 aliphatic rings. The standard InChI is InChI=1S/C28H24FNO5S/c1-19-15-21(18-30(36(33)34)17-20-7-10-22(11-8-20)28(31)32)9-13-25(19)23-12-14-27(26(29)16-23)35-24-5-3-2-4-6-24/h2-16H,17-18H2,1H3,(H,31,32)(H,33,34)/p-1. The van der Waals surface area contributed by atoms with Crippen molar-refractivity contribution in [1.29, 1.82) is 0 Å². The van der Waals surface area contributed by atoms with Crippen molar-refractivity contribution in [2.24, 2.45) is 0 Å². The number of hydrogen-bond donors (Lipinski definition) is 1. The van der Waals surface area contributed by atoms with Gasteiger partial charge in [0.1, 0.15) is 5.75 Å². The van der Waals surface area contributed by atoms with E-state index in [1.54, 1.807) is 36.4 Å². The van der Waals surface area contributed by atoms with E-state index in [9.17, 15) is 17.9 Å². The van der Waals surface area contributed by atoms with Crippen LogP contribution in [0.1, 0.15) is 27.0 Å². The van der Waals surface area contributed by atoms with Crippen molar-refractivity contribution in [3.63, 3.8) is 0 Å². The zero-order valence-corrected chi connectivity index (χ0v) is 20.2. The summed E-state index contributed by atoms with van der Waals surface area (Å²) < 4.78 is 45.3. The molecule has 0 spiro atoms. The van der Waals surface area contributed by atoms with Crippen LogP contribution in [0, 0.1) is 12.7 Å². The Morgan fingerprint density at radius 1 is 0.944 bits per heavy atom. The lowest BCUT2D eigenvalue weighted by atomic mass is 9.98. The van der Waals surface area contributed by atoms with Crippen molar-refractivity contribution in [2.45, 2.75) is 20.0 Å². The highest BCUT2D eigenvalue weighted by Gasteiger charge is 2.13. The Kier molecular flexibility index (Phi) is 7.90. The number of nitrogens with zero attached hydrogens (tertiary/aromatic N) is 1. The molecule has 0 aliphatic heterocycles. The van der Waals surface area contributed by atoms with E-state index in [0.717, 1.165) is 16.7 Å². The third-order valence-electron chi connectivity index (χ3n) is 5.63. The van der Waals surface area contributed by atoms with Crippen molar-refractivity contribution in [3.8, 4) is 22.6 Å². The van der Waals surface area contributed by atoms with E-state index in [0.29, 0.717) is 16.9 Å². The van der Waals surface area contributed by atoms with Crippen LogP contribution in [0.25, 0.3) is 11.1 Å². The van der Waals surface area contributed by atoms with Crippen LogP contribution in [0.4, 0.5) is 4.39 Å². The molecule has 36 heavy (non-hydrogen) atoms. The van der Waals surface area contributed by atoms with Crippen LogP contribution >= 0.6 is 0 Å². The van der Waals surface area contributed by atoms with E-state index >= 15 is 0 Å². The Balaban J connectivity index is 1.49. The lowest BCUT2D eigenvalue weighted by Gasteiger charge is -2.25. The molecule has 4 aromatic rings. The highest BCUT2D eigenvalue weighted by atomic mass is 32.2. The minimum atomic E-state index is -2.49. The topological polar surface area (TPSA) is 89.9 Å². The van der Waals surface area contributed by atoms with Crippen LogP contribution in [-0.2, 0) is 24.4 Å². The van der Waals surface area contributed by atoms with Crippen LogP contribution in [-0.4, -0.2) is 24.1 Å². The number of ether oxygens (including phenoxy) is 1. The molecule has 0 amide bonds. The van der Waals surface area contributed by atoms with Crippen molar-refractivity contribution in [3.05, 3.63) is 119 Å². The zero-order valence-electron chi connectivity index (χ0n) is 19.4. The second kappa shape index (κ2) is 11.3. The average Bonchev–Trinajstić information content (AvgIpc) is 2.86.